The lowest BCUT2D eigenvalue weighted by Gasteiger charge is -2.30. The predicted molar refractivity (Wildman–Crippen MR) is 80.8 cm³/mol. The van der Waals surface area contributed by atoms with Crippen molar-refractivity contribution in [2.45, 2.75) is 45.6 Å². The van der Waals surface area contributed by atoms with Crippen LogP contribution in [0.5, 0.6) is 0 Å². The van der Waals surface area contributed by atoms with E-state index in [1.165, 1.54) is 12.1 Å². The van der Waals surface area contributed by atoms with Gasteiger partial charge in [0, 0.05) is 23.9 Å². The number of hydrogen-bond acceptors (Lipinski definition) is 5. The molecule has 20 heavy (non-hydrogen) atoms. The minimum atomic E-state index is -0.0802. The summed E-state index contributed by atoms with van der Waals surface area (Å²) in [6.45, 7) is 9.21. The number of carbonyl (C=O) groups excluding carboxylic acids is 1. The molecule has 4 nitrogen and oxygen atoms in total. The van der Waals surface area contributed by atoms with E-state index in [4.69, 9.17) is 9.72 Å². The van der Waals surface area contributed by atoms with Crippen LogP contribution in [0.2, 0.25) is 0 Å². The van der Waals surface area contributed by atoms with E-state index < -0.39 is 0 Å². The fraction of sp³-hybridized carbons (Fsp3) is 0.733. The minimum absolute atomic E-state index is 0.0227. The number of thiazole rings is 1. The first-order valence-corrected chi connectivity index (χ1v) is 8.03. The summed E-state index contributed by atoms with van der Waals surface area (Å²) in [5, 5.41) is 3.32. The Kier molecular flexibility index (Phi) is 4.81. The van der Waals surface area contributed by atoms with Crippen molar-refractivity contribution in [3.63, 3.8) is 0 Å². The Balaban J connectivity index is 1.96. The molecule has 0 spiro atoms. The lowest BCUT2D eigenvalue weighted by molar-refractivity contribution is -0.147. The van der Waals surface area contributed by atoms with Gasteiger partial charge in [0.15, 0.2) is 0 Å². The van der Waals surface area contributed by atoms with Gasteiger partial charge in [-0.3, -0.25) is 9.69 Å². The molecule has 112 valence electrons. The molecule has 1 saturated heterocycles. The molecule has 1 unspecified atom stereocenters. The Hall–Kier alpha value is -0.940. The number of rotatable bonds is 3. The smallest absolute Gasteiger partial charge is 0.309 e. The fourth-order valence-electron chi connectivity index (χ4n) is 2.51. The van der Waals surface area contributed by atoms with Crippen LogP contribution in [0, 0.1) is 5.92 Å². The van der Waals surface area contributed by atoms with Gasteiger partial charge in [-0.2, -0.15) is 0 Å². The van der Waals surface area contributed by atoms with Crippen LogP contribution < -0.4 is 0 Å². The number of likely N-dealkylation sites (tertiary alicyclic amines) is 1. The third-order valence-electron chi connectivity index (χ3n) is 3.62. The number of carbonyl (C=O) groups is 1. The van der Waals surface area contributed by atoms with E-state index in [1.54, 1.807) is 11.3 Å². The van der Waals surface area contributed by atoms with Gasteiger partial charge in [-0.05, 0) is 19.4 Å². The van der Waals surface area contributed by atoms with Crippen molar-refractivity contribution in [1.82, 2.24) is 9.88 Å². The average Bonchev–Trinajstić information content (AvgIpc) is 2.86. The van der Waals surface area contributed by atoms with Crippen molar-refractivity contribution in [2.75, 3.05) is 20.2 Å². The first-order valence-electron chi connectivity index (χ1n) is 7.15. The van der Waals surface area contributed by atoms with Crippen molar-refractivity contribution in [2.24, 2.45) is 5.92 Å². The highest BCUT2D eigenvalue weighted by atomic mass is 32.1. The van der Waals surface area contributed by atoms with E-state index in [9.17, 15) is 4.79 Å². The molecular formula is C15H24N2O2S. The van der Waals surface area contributed by atoms with Gasteiger partial charge in [0.2, 0.25) is 0 Å². The summed E-state index contributed by atoms with van der Waals surface area (Å²) in [5.41, 5.74) is 1.23. The first kappa shape index (κ1) is 15.4. The molecule has 1 aliphatic heterocycles. The van der Waals surface area contributed by atoms with E-state index in [0.29, 0.717) is 0 Å². The van der Waals surface area contributed by atoms with Crippen LogP contribution in [0.25, 0.3) is 0 Å². The quantitative estimate of drug-likeness (QED) is 0.804. The monoisotopic (exact) mass is 296 g/mol. The number of piperidine rings is 1. The van der Waals surface area contributed by atoms with E-state index in [-0.39, 0.29) is 17.3 Å². The maximum Gasteiger partial charge on any atom is 0.309 e. The summed E-state index contributed by atoms with van der Waals surface area (Å²) in [6, 6.07) is 0. The number of methoxy groups -OCH3 is 1. The molecule has 0 aliphatic carbocycles. The van der Waals surface area contributed by atoms with Crippen molar-refractivity contribution >= 4 is 17.3 Å². The molecular weight excluding hydrogens is 272 g/mol. The second kappa shape index (κ2) is 6.22. The molecule has 1 aromatic rings. The van der Waals surface area contributed by atoms with Crippen LogP contribution in [-0.4, -0.2) is 36.1 Å². The standard InChI is InChI=1S/C15H24N2O2S/c1-15(2,3)14-16-12(10-20-14)9-17-7-5-6-11(8-17)13(18)19-4/h10-11H,5-9H2,1-4H3. The topological polar surface area (TPSA) is 42.4 Å². The molecule has 1 aliphatic rings. The van der Waals surface area contributed by atoms with Crippen molar-refractivity contribution < 1.29 is 9.53 Å². The maximum absolute atomic E-state index is 11.6. The molecule has 5 heteroatoms. The largest absolute Gasteiger partial charge is 0.469 e. The number of esters is 1. The summed E-state index contributed by atoms with van der Waals surface area (Å²) in [4.78, 5) is 18.7. The highest BCUT2D eigenvalue weighted by Gasteiger charge is 2.27. The van der Waals surface area contributed by atoms with Gasteiger partial charge >= 0.3 is 5.97 Å². The third-order valence-corrected chi connectivity index (χ3v) is 4.94. The summed E-state index contributed by atoms with van der Waals surface area (Å²) < 4.78 is 4.86. The number of aromatic nitrogens is 1. The van der Waals surface area contributed by atoms with Gasteiger partial charge in [-0.15, -0.1) is 11.3 Å². The number of ether oxygens (including phenoxy) is 1. The molecule has 2 heterocycles. The van der Waals surface area contributed by atoms with E-state index in [0.717, 1.165) is 38.2 Å². The highest BCUT2D eigenvalue weighted by Crippen LogP contribution is 2.27. The minimum Gasteiger partial charge on any atom is -0.469 e. The van der Waals surface area contributed by atoms with E-state index in [2.05, 4.69) is 31.1 Å². The van der Waals surface area contributed by atoms with Gasteiger partial charge in [0.05, 0.1) is 23.7 Å². The Bertz CT molecular complexity index is 465. The zero-order valence-corrected chi connectivity index (χ0v) is 13.6. The highest BCUT2D eigenvalue weighted by molar-refractivity contribution is 7.09. The molecule has 0 aromatic carbocycles. The number of hydrogen-bond donors (Lipinski definition) is 0. The number of nitrogens with zero attached hydrogens (tertiary/aromatic N) is 2. The van der Waals surface area contributed by atoms with Crippen LogP contribution in [0.1, 0.15) is 44.3 Å². The van der Waals surface area contributed by atoms with Gasteiger partial charge in [0.1, 0.15) is 0 Å². The third kappa shape index (κ3) is 3.79. The van der Waals surface area contributed by atoms with Crippen LogP contribution in [0.3, 0.4) is 0 Å². The van der Waals surface area contributed by atoms with Crippen molar-refractivity contribution in [3.8, 4) is 0 Å². The molecule has 1 atom stereocenters. The summed E-state index contributed by atoms with van der Waals surface area (Å²) in [5.74, 6) is -0.0576. The zero-order valence-electron chi connectivity index (χ0n) is 12.8. The molecule has 0 radical (unpaired) electrons. The second-order valence-electron chi connectivity index (χ2n) is 6.49. The van der Waals surface area contributed by atoms with Crippen LogP contribution >= 0.6 is 11.3 Å². The fourth-order valence-corrected chi connectivity index (χ4v) is 3.41. The van der Waals surface area contributed by atoms with Gasteiger partial charge in [-0.25, -0.2) is 4.98 Å². The lowest BCUT2D eigenvalue weighted by Crippen LogP contribution is -2.38. The Morgan fingerprint density at radius 3 is 2.90 bits per heavy atom. The SMILES string of the molecule is COC(=O)C1CCCN(Cc2csc(C(C)(C)C)n2)C1. The Labute approximate surface area is 125 Å². The average molecular weight is 296 g/mol. The van der Waals surface area contributed by atoms with Crippen LogP contribution in [0.4, 0.5) is 0 Å². The second-order valence-corrected chi connectivity index (χ2v) is 7.35. The lowest BCUT2D eigenvalue weighted by atomic mass is 9.98. The van der Waals surface area contributed by atoms with Crippen LogP contribution in [0.15, 0.2) is 5.38 Å². The summed E-state index contributed by atoms with van der Waals surface area (Å²) in [6.07, 6.45) is 1.99. The van der Waals surface area contributed by atoms with Crippen molar-refractivity contribution in [3.05, 3.63) is 16.1 Å². The predicted octanol–water partition coefficient (Wildman–Crippen LogP) is 2.83. The molecule has 0 bridgehead atoms. The van der Waals surface area contributed by atoms with Gasteiger partial charge in [-0.1, -0.05) is 20.8 Å². The molecule has 2 rings (SSSR count). The molecule has 0 amide bonds. The Morgan fingerprint density at radius 2 is 2.30 bits per heavy atom. The normalized spacial score (nSPS) is 20.9. The molecule has 0 saturated carbocycles. The van der Waals surface area contributed by atoms with Crippen LogP contribution in [-0.2, 0) is 21.5 Å². The van der Waals surface area contributed by atoms with E-state index >= 15 is 0 Å². The summed E-state index contributed by atoms with van der Waals surface area (Å²) >= 11 is 1.73. The van der Waals surface area contributed by atoms with E-state index in [1.807, 2.05) is 0 Å². The van der Waals surface area contributed by atoms with Gasteiger partial charge < -0.3 is 4.74 Å². The summed E-state index contributed by atoms with van der Waals surface area (Å²) in [7, 11) is 1.47. The first-order chi connectivity index (χ1) is 9.40. The molecule has 0 N–H and O–H groups in total. The maximum atomic E-state index is 11.6. The van der Waals surface area contributed by atoms with Crippen molar-refractivity contribution in [1.29, 1.82) is 0 Å². The Morgan fingerprint density at radius 1 is 1.55 bits per heavy atom. The molecule has 1 fully saturated rings. The zero-order chi connectivity index (χ0) is 14.8. The molecule has 1 aromatic heterocycles. The van der Waals surface area contributed by atoms with Gasteiger partial charge in [0.25, 0.3) is 0 Å².